The Labute approximate surface area is 130 Å². The highest BCUT2D eigenvalue weighted by atomic mass is 79.9. The van der Waals surface area contributed by atoms with E-state index in [1.54, 1.807) is 11.0 Å². The van der Waals surface area contributed by atoms with Crippen molar-refractivity contribution in [1.82, 2.24) is 10.2 Å². The molecule has 0 radical (unpaired) electrons. The first-order chi connectivity index (χ1) is 10.0. The third-order valence-corrected chi connectivity index (χ3v) is 4.81. The van der Waals surface area contributed by atoms with Crippen LogP contribution in [0.4, 0.5) is 9.18 Å². The number of nitrogens with one attached hydrogen (secondary N) is 1. The number of amides is 3. The van der Waals surface area contributed by atoms with E-state index in [1.807, 2.05) is 0 Å². The van der Waals surface area contributed by atoms with Crippen molar-refractivity contribution in [3.63, 3.8) is 0 Å². The van der Waals surface area contributed by atoms with E-state index in [-0.39, 0.29) is 24.3 Å². The molecular formula is C15H16BrFN2O2. The molecule has 1 heterocycles. The number of carbonyl (C=O) groups excluding carboxylic acids is 2. The molecule has 1 saturated carbocycles. The van der Waals surface area contributed by atoms with Crippen molar-refractivity contribution in [3.05, 3.63) is 34.1 Å². The highest BCUT2D eigenvalue weighted by molar-refractivity contribution is 9.10. The first kappa shape index (κ1) is 14.5. The van der Waals surface area contributed by atoms with Crippen LogP contribution >= 0.6 is 15.9 Å². The molecule has 1 saturated heterocycles. The molecule has 1 spiro atoms. The van der Waals surface area contributed by atoms with Crippen molar-refractivity contribution in [2.24, 2.45) is 0 Å². The number of carbonyl (C=O) groups is 2. The Kier molecular flexibility index (Phi) is 3.73. The summed E-state index contributed by atoms with van der Waals surface area (Å²) >= 11 is 3.25. The monoisotopic (exact) mass is 354 g/mol. The van der Waals surface area contributed by atoms with E-state index in [2.05, 4.69) is 21.2 Å². The summed E-state index contributed by atoms with van der Waals surface area (Å²) in [5.74, 6) is -0.564. The molecule has 1 aliphatic carbocycles. The van der Waals surface area contributed by atoms with Crippen LogP contribution in [0, 0.1) is 5.82 Å². The molecule has 6 heteroatoms. The molecule has 1 N–H and O–H groups in total. The minimum atomic E-state index is -0.742. The van der Waals surface area contributed by atoms with Crippen LogP contribution in [0.15, 0.2) is 22.7 Å². The molecule has 0 aromatic heterocycles. The van der Waals surface area contributed by atoms with E-state index in [1.165, 1.54) is 12.1 Å². The normalized spacial score (nSPS) is 21.0. The van der Waals surface area contributed by atoms with Crippen LogP contribution in [0.5, 0.6) is 0 Å². The number of hydrogen-bond donors (Lipinski definition) is 1. The number of hydrogen-bond acceptors (Lipinski definition) is 2. The third kappa shape index (κ3) is 2.57. The lowest BCUT2D eigenvalue weighted by Crippen LogP contribution is -2.50. The van der Waals surface area contributed by atoms with E-state index < -0.39 is 5.54 Å². The Morgan fingerprint density at radius 2 is 1.90 bits per heavy atom. The van der Waals surface area contributed by atoms with Gasteiger partial charge < -0.3 is 4.90 Å². The molecule has 2 aliphatic rings. The van der Waals surface area contributed by atoms with Crippen LogP contribution in [0.2, 0.25) is 0 Å². The van der Waals surface area contributed by atoms with Gasteiger partial charge in [0, 0.05) is 11.0 Å². The van der Waals surface area contributed by atoms with Crippen molar-refractivity contribution in [1.29, 1.82) is 0 Å². The largest absolute Gasteiger partial charge is 0.325 e. The first-order valence-corrected chi connectivity index (χ1v) is 7.89. The van der Waals surface area contributed by atoms with Crippen LogP contribution in [0.3, 0.4) is 0 Å². The van der Waals surface area contributed by atoms with Gasteiger partial charge in [-0.2, -0.15) is 0 Å². The Balaban J connectivity index is 1.91. The lowest BCUT2D eigenvalue weighted by atomic mass is 9.80. The molecule has 112 valence electrons. The Hall–Kier alpha value is -1.43. The van der Waals surface area contributed by atoms with Gasteiger partial charge >= 0.3 is 6.03 Å². The molecular weight excluding hydrogens is 339 g/mol. The number of nitrogens with zero attached hydrogens (tertiary/aromatic N) is 1. The molecule has 1 aromatic carbocycles. The summed E-state index contributed by atoms with van der Waals surface area (Å²) in [6, 6.07) is 4.17. The van der Waals surface area contributed by atoms with Gasteiger partial charge in [-0.1, -0.05) is 35.2 Å². The maximum atomic E-state index is 13.5. The molecule has 3 rings (SSSR count). The van der Waals surface area contributed by atoms with Crippen molar-refractivity contribution in [3.8, 4) is 0 Å². The summed E-state index contributed by atoms with van der Waals surface area (Å²) in [6.07, 6.45) is 4.32. The molecule has 0 atom stereocenters. The Morgan fingerprint density at radius 1 is 1.19 bits per heavy atom. The number of halogens is 2. The second kappa shape index (κ2) is 5.40. The second-order valence-corrected chi connectivity index (χ2v) is 6.63. The number of imide groups is 1. The zero-order valence-corrected chi connectivity index (χ0v) is 13.1. The second-order valence-electron chi connectivity index (χ2n) is 5.72. The summed E-state index contributed by atoms with van der Waals surface area (Å²) in [4.78, 5) is 25.9. The van der Waals surface area contributed by atoms with E-state index in [9.17, 15) is 14.0 Å². The zero-order chi connectivity index (χ0) is 15.0. The van der Waals surface area contributed by atoms with E-state index in [0.29, 0.717) is 22.9 Å². The van der Waals surface area contributed by atoms with Gasteiger partial charge in [-0.15, -0.1) is 0 Å². The van der Waals surface area contributed by atoms with Crippen LogP contribution in [0.25, 0.3) is 0 Å². The Bertz CT molecular complexity index is 579. The standard InChI is InChI=1S/C15H16BrFN2O2/c16-11-6-10(7-12(17)8-11)9-19-14(21)18-13(20)15(19)4-2-1-3-5-15/h6-8H,1-5,9H2,(H,18,20,21). The molecule has 1 aromatic rings. The van der Waals surface area contributed by atoms with Crippen LogP contribution in [-0.4, -0.2) is 22.4 Å². The summed E-state index contributed by atoms with van der Waals surface area (Å²) in [5, 5.41) is 2.42. The van der Waals surface area contributed by atoms with Gasteiger partial charge in [-0.25, -0.2) is 9.18 Å². The summed E-state index contributed by atoms with van der Waals surface area (Å²) in [6.45, 7) is 0.244. The lowest BCUT2D eigenvalue weighted by molar-refractivity contribution is -0.128. The van der Waals surface area contributed by atoms with Crippen molar-refractivity contribution < 1.29 is 14.0 Å². The maximum absolute atomic E-state index is 13.5. The highest BCUT2D eigenvalue weighted by Crippen LogP contribution is 2.38. The average molecular weight is 355 g/mol. The summed E-state index contributed by atoms with van der Waals surface area (Å²) in [5.41, 5.74) is -0.0645. The van der Waals surface area contributed by atoms with Gasteiger partial charge in [-0.05, 0) is 36.6 Å². The van der Waals surface area contributed by atoms with Crippen LogP contribution in [-0.2, 0) is 11.3 Å². The predicted octanol–water partition coefficient (Wildman–Crippen LogP) is 3.34. The topological polar surface area (TPSA) is 49.4 Å². The lowest BCUT2D eigenvalue weighted by Gasteiger charge is -2.38. The van der Waals surface area contributed by atoms with Gasteiger partial charge in [0.05, 0.1) is 0 Å². The van der Waals surface area contributed by atoms with E-state index in [0.717, 1.165) is 19.3 Å². The number of urea groups is 1. The van der Waals surface area contributed by atoms with Crippen LogP contribution < -0.4 is 5.32 Å². The molecule has 0 bridgehead atoms. The molecule has 2 fully saturated rings. The molecule has 0 unspecified atom stereocenters. The van der Waals surface area contributed by atoms with Crippen molar-refractivity contribution in [2.45, 2.75) is 44.2 Å². The fraction of sp³-hybridized carbons (Fsp3) is 0.467. The van der Waals surface area contributed by atoms with Gasteiger partial charge in [0.15, 0.2) is 0 Å². The highest BCUT2D eigenvalue weighted by Gasteiger charge is 2.52. The predicted molar refractivity (Wildman–Crippen MR) is 79.0 cm³/mol. The van der Waals surface area contributed by atoms with Crippen molar-refractivity contribution in [2.75, 3.05) is 0 Å². The average Bonchev–Trinajstić information content (AvgIpc) is 2.63. The van der Waals surface area contributed by atoms with Gasteiger partial charge in [0.25, 0.3) is 5.91 Å². The Morgan fingerprint density at radius 3 is 2.57 bits per heavy atom. The number of benzene rings is 1. The summed E-state index contributed by atoms with van der Waals surface area (Å²) in [7, 11) is 0. The molecule has 4 nitrogen and oxygen atoms in total. The van der Waals surface area contributed by atoms with E-state index >= 15 is 0 Å². The maximum Gasteiger partial charge on any atom is 0.325 e. The molecule has 21 heavy (non-hydrogen) atoms. The quantitative estimate of drug-likeness (QED) is 0.828. The van der Waals surface area contributed by atoms with Crippen LogP contribution in [0.1, 0.15) is 37.7 Å². The summed E-state index contributed by atoms with van der Waals surface area (Å²) < 4.78 is 14.1. The fourth-order valence-corrected chi connectivity index (χ4v) is 3.85. The molecule has 3 amide bonds. The van der Waals surface area contributed by atoms with Crippen molar-refractivity contribution >= 4 is 27.9 Å². The molecule has 1 aliphatic heterocycles. The smallest absolute Gasteiger partial charge is 0.305 e. The van der Waals surface area contributed by atoms with E-state index in [4.69, 9.17) is 0 Å². The van der Waals surface area contributed by atoms with Gasteiger partial charge in [-0.3, -0.25) is 10.1 Å². The minimum absolute atomic E-state index is 0.206. The SMILES string of the molecule is O=C1NC(=O)C2(CCCCC2)N1Cc1cc(F)cc(Br)c1. The third-order valence-electron chi connectivity index (χ3n) is 4.35. The van der Waals surface area contributed by atoms with Gasteiger partial charge in [0.1, 0.15) is 11.4 Å². The zero-order valence-electron chi connectivity index (χ0n) is 11.5. The fourth-order valence-electron chi connectivity index (χ4n) is 3.34. The number of rotatable bonds is 2. The minimum Gasteiger partial charge on any atom is -0.305 e. The van der Waals surface area contributed by atoms with Gasteiger partial charge in [0.2, 0.25) is 0 Å². The first-order valence-electron chi connectivity index (χ1n) is 7.09.